The van der Waals surface area contributed by atoms with Crippen LogP contribution in [0.2, 0.25) is 0 Å². The highest BCUT2D eigenvalue weighted by Crippen LogP contribution is 2.32. The second kappa shape index (κ2) is 8.70. The van der Waals surface area contributed by atoms with Gasteiger partial charge in [0.15, 0.2) is 11.5 Å². The van der Waals surface area contributed by atoms with Gasteiger partial charge >= 0.3 is 6.03 Å². The van der Waals surface area contributed by atoms with Crippen LogP contribution in [-0.4, -0.2) is 49.1 Å². The van der Waals surface area contributed by atoms with Crippen LogP contribution in [0.25, 0.3) is 0 Å². The summed E-state index contributed by atoms with van der Waals surface area (Å²) in [6.07, 6.45) is -0.859. The third-order valence-corrected chi connectivity index (χ3v) is 3.92. The summed E-state index contributed by atoms with van der Waals surface area (Å²) in [5.41, 5.74) is 1.24. The number of hydrogen-bond donors (Lipinski definition) is 2. The summed E-state index contributed by atoms with van der Waals surface area (Å²) in [5.74, 6) is 0.933. The van der Waals surface area contributed by atoms with Crippen LogP contribution in [0.5, 0.6) is 11.5 Å². The van der Waals surface area contributed by atoms with Gasteiger partial charge in [0.25, 0.3) is 0 Å². The van der Waals surface area contributed by atoms with Crippen molar-refractivity contribution in [2.45, 2.75) is 12.7 Å². The van der Waals surface area contributed by atoms with E-state index in [9.17, 15) is 14.3 Å². The van der Waals surface area contributed by atoms with E-state index in [1.807, 2.05) is 18.2 Å². The number of urea groups is 1. The molecule has 0 spiro atoms. The molecule has 1 aliphatic rings. The van der Waals surface area contributed by atoms with E-state index in [4.69, 9.17) is 14.2 Å². The first-order valence-electron chi connectivity index (χ1n) is 8.43. The van der Waals surface area contributed by atoms with Crippen molar-refractivity contribution in [3.05, 3.63) is 53.8 Å². The van der Waals surface area contributed by atoms with Gasteiger partial charge in [-0.15, -0.1) is 0 Å². The van der Waals surface area contributed by atoms with Crippen molar-refractivity contribution in [2.75, 3.05) is 32.3 Å². The van der Waals surface area contributed by atoms with Crippen molar-refractivity contribution >= 4 is 11.7 Å². The lowest BCUT2D eigenvalue weighted by molar-refractivity contribution is 0.0188. The smallest absolute Gasteiger partial charge is 0.321 e. The van der Waals surface area contributed by atoms with E-state index in [1.165, 1.54) is 30.1 Å². The van der Waals surface area contributed by atoms with Gasteiger partial charge in [-0.05, 0) is 35.9 Å². The molecule has 3 rings (SSSR count). The van der Waals surface area contributed by atoms with E-state index in [-0.39, 0.29) is 19.9 Å². The Morgan fingerprint density at radius 2 is 2.11 bits per heavy atom. The van der Waals surface area contributed by atoms with Gasteiger partial charge in [0.1, 0.15) is 5.82 Å². The predicted molar refractivity (Wildman–Crippen MR) is 96.3 cm³/mol. The van der Waals surface area contributed by atoms with Crippen LogP contribution < -0.4 is 14.8 Å². The van der Waals surface area contributed by atoms with E-state index in [0.717, 1.165) is 5.56 Å². The minimum Gasteiger partial charge on any atom is -0.454 e. The summed E-state index contributed by atoms with van der Waals surface area (Å²) in [7, 11) is 1.54. The quantitative estimate of drug-likeness (QED) is 0.777. The fourth-order valence-electron chi connectivity index (χ4n) is 2.58. The average Bonchev–Trinajstić information content (AvgIpc) is 3.09. The summed E-state index contributed by atoms with van der Waals surface area (Å²) in [5, 5.41) is 12.6. The van der Waals surface area contributed by atoms with E-state index in [2.05, 4.69) is 5.32 Å². The predicted octanol–water partition coefficient (Wildman–Crippen LogP) is 2.60. The topological polar surface area (TPSA) is 80.3 Å². The van der Waals surface area contributed by atoms with E-state index < -0.39 is 18.0 Å². The molecule has 1 aliphatic heterocycles. The number of likely N-dealkylation sites (N-methyl/N-ethyl adjacent to an activating group) is 1. The number of aliphatic hydroxyl groups is 1. The maximum atomic E-state index is 13.1. The van der Waals surface area contributed by atoms with Crippen molar-refractivity contribution in [1.29, 1.82) is 0 Å². The van der Waals surface area contributed by atoms with Gasteiger partial charge in [0.2, 0.25) is 6.79 Å². The summed E-state index contributed by atoms with van der Waals surface area (Å²) in [4.78, 5) is 13.4. The van der Waals surface area contributed by atoms with Gasteiger partial charge in [0.05, 0.1) is 25.9 Å². The molecule has 8 heteroatoms. The van der Waals surface area contributed by atoms with Gasteiger partial charge in [-0.3, -0.25) is 0 Å². The highest BCUT2D eigenvalue weighted by atomic mass is 19.1. The molecule has 1 unspecified atom stereocenters. The lowest BCUT2D eigenvalue weighted by Crippen LogP contribution is -2.38. The number of anilines is 1. The minimum absolute atomic E-state index is 0.0615. The van der Waals surface area contributed by atoms with Crippen LogP contribution in [-0.2, 0) is 11.3 Å². The monoisotopic (exact) mass is 376 g/mol. The standard InChI is InChI=1S/C19H21FN2O5/c1-22(19(24)21-15-4-2-3-14(20)8-15)9-16(23)11-25-10-13-5-6-17-18(7-13)27-12-26-17/h2-8,16,23H,9-12H2,1H3,(H,21,24). The Kier molecular flexibility index (Phi) is 6.10. The number of halogens is 1. The molecule has 2 aromatic carbocycles. The molecular weight excluding hydrogens is 355 g/mol. The SMILES string of the molecule is CN(CC(O)COCc1ccc2c(c1)OCO2)C(=O)Nc1cccc(F)c1. The molecule has 0 aromatic heterocycles. The Labute approximate surface area is 156 Å². The van der Waals surface area contributed by atoms with Crippen molar-refractivity contribution in [3.63, 3.8) is 0 Å². The number of nitrogens with one attached hydrogen (secondary N) is 1. The van der Waals surface area contributed by atoms with E-state index in [1.54, 1.807) is 6.07 Å². The third-order valence-electron chi connectivity index (χ3n) is 3.92. The number of amides is 2. The minimum atomic E-state index is -0.859. The number of ether oxygens (including phenoxy) is 3. The summed E-state index contributed by atoms with van der Waals surface area (Å²) in [6, 6.07) is 10.6. The highest BCUT2D eigenvalue weighted by molar-refractivity contribution is 5.89. The molecule has 0 saturated heterocycles. The summed E-state index contributed by atoms with van der Waals surface area (Å²) >= 11 is 0. The molecule has 0 bridgehead atoms. The van der Waals surface area contributed by atoms with Crippen LogP contribution in [0.3, 0.4) is 0 Å². The Morgan fingerprint density at radius 1 is 1.30 bits per heavy atom. The second-order valence-electron chi connectivity index (χ2n) is 6.18. The van der Waals surface area contributed by atoms with Crippen molar-refractivity contribution in [2.24, 2.45) is 0 Å². The van der Waals surface area contributed by atoms with Crippen LogP contribution in [0.1, 0.15) is 5.56 Å². The van der Waals surface area contributed by atoms with Crippen molar-refractivity contribution in [3.8, 4) is 11.5 Å². The largest absolute Gasteiger partial charge is 0.454 e. The Morgan fingerprint density at radius 3 is 2.93 bits per heavy atom. The number of carbonyl (C=O) groups excluding carboxylic acids is 1. The summed E-state index contributed by atoms with van der Waals surface area (Å²) in [6.45, 7) is 0.642. The average molecular weight is 376 g/mol. The molecule has 27 heavy (non-hydrogen) atoms. The molecule has 2 aromatic rings. The van der Waals surface area contributed by atoms with E-state index >= 15 is 0 Å². The van der Waals surface area contributed by atoms with Crippen LogP contribution >= 0.6 is 0 Å². The zero-order chi connectivity index (χ0) is 19.2. The number of fused-ring (bicyclic) bond motifs is 1. The molecule has 0 radical (unpaired) electrons. The Balaban J connectivity index is 1.40. The van der Waals surface area contributed by atoms with Gasteiger partial charge in [0, 0.05) is 12.7 Å². The number of rotatable bonds is 7. The maximum Gasteiger partial charge on any atom is 0.321 e. The van der Waals surface area contributed by atoms with Crippen LogP contribution in [0.15, 0.2) is 42.5 Å². The van der Waals surface area contributed by atoms with Gasteiger partial charge in [-0.25, -0.2) is 9.18 Å². The molecule has 0 saturated carbocycles. The lowest BCUT2D eigenvalue weighted by Gasteiger charge is -2.21. The lowest BCUT2D eigenvalue weighted by atomic mass is 10.2. The number of hydrogen-bond acceptors (Lipinski definition) is 5. The molecule has 1 heterocycles. The molecule has 2 N–H and O–H groups in total. The maximum absolute atomic E-state index is 13.1. The first-order chi connectivity index (χ1) is 13.0. The van der Waals surface area contributed by atoms with Gasteiger partial charge in [-0.1, -0.05) is 12.1 Å². The number of carbonyl (C=O) groups is 1. The third kappa shape index (κ3) is 5.32. The molecule has 2 amide bonds. The van der Waals surface area contributed by atoms with Crippen LogP contribution in [0.4, 0.5) is 14.9 Å². The molecular formula is C19H21FN2O5. The normalized spacial score (nSPS) is 13.3. The Hall–Kier alpha value is -2.84. The zero-order valence-electron chi connectivity index (χ0n) is 14.9. The molecule has 1 atom stereocenters. The molecule has 7 nitrogen and oxygen atoms in total. The fraction of sp³-hybridized carbons (Fsp3) is 0.316. The van der Waals surface area contributed by atoms with Crippen LogP contribution in [0, 0.1) is 5.82 Å². The van der Waals surface area contributed by atoms with Gasteiger partial charge in [-0.2, -0.15) is 0 Å². The number of benzene rings is 2. The number of aliphatic hydroxyl groups excluding tert-OH is 1. The van der Waals surface area contributed by atoms with Crippen molar-refractivity contribution in [1.82, 2.24) is 4.90 Å². The molecule has 0 aliphatic carbocycles. The first-order valence-corrected chi connectivity index (χ1v) is 8.43. The summed E-state index contributed by atoms with van der Waals surface area (Å²) < 4.78 is 29.2. The fourth-order valence-corrected chi connectivity index (χ4v) is 2.58. The second-order valence-corrected chi connectivity index (χ2v) is 6.18. The van der Waals surface area contributed by atoms with Gasteiger partial charge < -0.3 is 29.5 Å². The molecule has 0 fully saturated rings. The molecule has 144 valence electrons. The van der Waals surface area contributed by atoms with Crippen molar-refractivity contribution < 1.29 is 28.5 Å². The highest BCUT2D eigenvalue weighted by Gasteiger charge is 2.16. The Bertz CT molecular complexity index is 801. The first kappa shape index (κ1) is 18.9. The van der Waals surface area contributed by atoms with E-state index in [0.29, 0.717) is 23.8 Å². The number of nitrogens with zero attached hydrogens (tertiary/aromatic N) is 1. The zero-order valence-corrected chi connectivity index (χ0v) is 14.9.